The van der Waals surface area contributed by atoms with E-state index in [0.717, 1.165) is 22.7 Å². The largest absolute Gasteiger partial charge is 0.356 e. The van der Waals surface area contributed by atoms with Gasteiger partial charge in [-0.05, 0) is 39.0 Å². The van der Waals surface area contributed by atoms with Crippen molar-refractivity contribution in [1.82, 2.24) is 20.7 Å². The van der Waals surface area contributed by atoms with E-state index in [0.29, 0.717) is 25.8 Å². The van der Waals surface area contributed by atoms with E-state index < -0.39 is 17.4 Å². The van der Waals surface area contributed by atoms with Crippen LogP contribution in [0.3, 0.4) is 0 Å². The number of likely N-dealkylation sites (N-methyl/N-ethyl adjacent to an activating group) is 1. The van der Waals surface area contributed by atoms with Crippen LogP contribution in [0.25, 0.3) is 0 Å². The maximum Gasteiger partial charge on any atom is 0.266 e. The molecule has 1 unspecified atom stereocenters. The topological polar surface area (TPSA) is 112 Å². The van der Waals surface area contributed by atoms with Crippen molar-refractivity contribution in [3.05, 3.63) is 16.1 Å². The van der Waals surface area contributed by atoms with Gasteiger partial charge in [0, 0.05) is 31.6 Å². The average Bonchev–Trinajstić information content (AvgIpc) is 3.31. The molecular formula is C17H26N4O4S. The first-order valence-electron chi connectivity index (χ1n) is 8.70. The molecule has 8 nitrogen and oxygen atoms in total. The van der Waals surface area contributed by atoms with E-state index in [-0.39, 0.29) is 11.8 Å². The van der Waals surface area contributed by atoms with Gasteiger partial charge >= 0.3 is 0 Å². The van der Waals surface area contributed by atoms with Crippen molar-refractivity contribution < 1.29 is 19.6 Å². The van der Waals surface area contributed by atoms with E-state index in [2.05, 4.69) is 10.3 Å². The van der Waals surface area contributed by atoms with Crippen LogP contribution in [0.2, 0.25) is 0 Å². The van der Waals surface area contributed by atoms with Crippen molar-refractivity contribution in [2.24, 2.45) is 0 Å². The van der Waals surface area contributed by atoms with Gasteiger partial charge in [-0.25, -0.2) is 10.5 Å². The summed E-state index contributed by atoms with van der Waals surface area (Å²) in [6.45, 7) is 3.87. The quantitative estimate of drug-likeness (QED) is 0.337. The molecule has 1 aromatic heterocycles. The van der Waals surface area contributed by atoms with E-state index in [1.165, 1.54) is 23.2 Å². The lowest BCUT2D eigenvalue weighted by Gasteiger charge is -2.29. The molecule has 0 aliphatic heterocycles. The zero-order valence-corrected chi connectivity index (χ0v) is 16.2. The summed E-state index contributed by atoms with van der Waals surface area (Å²) in [6.07, 6.45) is 4.97. The SMILES string of the molecule is CC(=O)NCCCCC(C(=O)NO)N(C)C(=O)C1(c2cnc(C)s2)CC1. The maximum atomic E-state index is 13.1. The Kier molecular flexibility index (Phi) is 6.71. The van der Waals surface area contributed by atoms with Crippen LogP contribution in [-0.2, 0) is 19.8 Å². The molecule has 1 aliphatic carbocycles. The van der Waals surface area contributed by atoms with Crippen molar-refractivity contribution in [3.8, 4) is 0 Å². The summed E-state index contributed by atoms with van der Waals surface area (Å²) in [5, 5.41) is 12.7. The normalized spacial score (nSPS) is 15.8. The second-order valence-electron chi connectivity index (χ2n) is 6.71. The number of hydroxylamine groups is 1. The lowest BCUT2D eigenvalue weighted by atomic mass is 10.0. The maximum absolute atomic E-state index is 13.1. The molecule has 1 heterocycles. The van der Waals surface area contributed by atoms with Gasteiger partial charge in [-0.2, -0.15) is 0 Å². The van der Waals surface area contributed by atoms with Crippen molar-refractivity contribution in [3.63, 3.8) is 0 Å². The van der Waals surface area contributed by atoms with E-state index in [4.69, 9.17) is 5.21 Å². The van der Waals surface area contributed by atoms with Crippen LogP contribution >= 0.6 is 11.3 Å². The number of thiazole rings is 1. The monoisotopic (exact) mass is 382 g/mol. The van der Waals surface area contributed by atoms with E-state index >= 15 is 0 Å². The molecule has 2 rings (SSSR count). The van der Waals surface area contributed by atoms with E-state index in [1.54, 1.807) is 18.7 Å². The highest BCUT2D eigenvalue weighted by molar-refractivity contribution is 7.11. The first-order chi connectivity index (χ1) is 12.3. The van der Waals surface area contributed by atoms with Gasteiger partial charge in [0.2, 0.25) is 11.8 Å². The molecule has 0 saturated heterocycles. The van der Waals surface area contributed by atoms with Crippen molar-refractivity contribution in [2.75, 3.05) is 13.6 Å². The van der Waals surface area contributed by atoms with Crippen LogP contribution in [0.1, 0.15) is 48.9 Å². The molecule has 3 N–H and O–H groups in total. The molecule has 0 aromatic carbocycles. The molecule has 26 heavy (non-hydrogen) atoms. The molecule has 1 fully saturated rings. The zero-order chi connectivity index (χ0) is 19.3. The summed E-state index contributed by atoms with van der Waals surface area (Å²) in [5.41, 5.74) is 1.08. The highest BCUT2D eigenvalue weighted by Gasteiger charge is 2.54. The third kappa shape index (κ3) is 4.59. The highest BCUT2D eigenvalue weighted by atomic mass is 32.1. The molecule has 144 valence electrons. The van der Waals surface area contributed by atoms with Gasteiger partial charge in [-0.1, -0.05) is 0 Å². The van der Waals surface area contributed by atoms with Crippen LogP contribution in [0, 0.1) is 6.92 Å². The Balaban J connectivity index is 2.01. The Labute approximate surface area is 156 Å². The fourth-order valence-corrected chi connectivity index (χ4v) is 4.07. The fraction of sp³-hybridized carbons (Fsp3) is 0.647. The predicted molar refractivity (Wildman–Crippen MR) is 96.8 cm³/mol. The molecule has 1 saturated carbocycles. The lowest BCUT2D eigenvalue weighted by Crippen LogP contribution is -2.50. The van der Waals surface area contributed by atoms with Crippen LogP contribution in [0.4, 0.5) is 0 Å². The number of hydrogen-bond donors (Lipinski definition) is 3. The Bertz CT molecular complexity index is 671. The number of aryl methyl sites for hydroxylation is 1. The molecule has 0 bridgehead atoms. The third-order valence-electron chi connectivity index (χ3n) is 4.73. The van der Waals surface area contributed by atoms with Crippen LogP contribution in [0.15, 0.2) is 6.20 Å². The first kappa shape index (κ1) is 20.3. The smallest absolute Gasteiger partial charge is 0.266 e. The minimum absolute atomic E-state index is 0.0996. The summed E-state index contributed by atoms with van der Waals surface area (Å²) < 4.78 is 0. The number of unbranched alkanes of at least 4 members (excludes halogenated alkanes) is 1. The summed E-state index contributed by atoms with van der Waals surface area (Å²) in [4.78, 5) is 42.6. The molecule has 9 heteroatoms. The number of aromatic nitrogens is 1. The number of amides is 3. The summed E-state index contributed by atoms with van der Waals surface area (Å²) in [6, 6.07) is -0.753. The first-order valence-corrected chi connectivity index (χ1v) is 9.52. The average molecular weight is 382 g/mol. The molecule has 1 aliphatic rings. The second-order valence-corrected chi connectivity index (χ2v) is 7.95. The predicted octanol–water partition coefficient (Wildman–Crippen LogP) is 1.12. The molecular weight excluding hydrogens is 356 g/mol. The van der Waals surface area contributed by atoms with Crippen LogP contribution < -0.4 is 10.8 Å². The van der Waals surface area contributed by atoms with E-state index in [1.807, 2.05) is 6.92 Å². The third-order valence-corrected chi connectivity index (χ3v) is 5.85. The van der Waals surface area contributed by atoms with Gasteiger partial charge < -0.3 is 10.2 Å². The number of hydrogen-bond acceptors (Lipinski definition) is 6. The van der Waals surface area contributed by atoms with Gasteiger partial charge in [0.1, 0.15) is 6.04 Å². The molecule has 1 aromatic rings. The minimum atomic E-state index is -0.753. The molecule has 0 spiro atoms. The summed E-state index contributed by atoms with van der Waals surface area (Å²) in [7, 11) is 1.60. The fourth-order valence-electron chi connectivity index (χ4n) is 3.05. The number of nitrogens with zero attached hydrogens (tertiary/aromatic N) is 2. The van der Waals surface area contributed by atoms with Crippen LogP contribution in [-0.4, -0.2) is 52.4 Å². The zero-order valence-electron chi connectivity index (χ0n) is 15.4. The van der Waals surface area contributed by atoms with Crippen molar-refractivity contribution in [1.29, 1.82) is 0 Å². The summed E-state index contributed by atoms with van der Waals surface area (Å²) >= 11 is 1.51. The van der Waals surface area contributed by atoms with Gasteiger partial charge in [0.15, 0.2) is 0 Å². The standard InChI is InChI=1S/C17H26N4O4S/c1-11(22)18-9-5-4-6-13(15(23)20-25)21(3)16(24)17(7-8-17)14-10-19-12(2)26-14/h10,13,25H,4-9H2,1-3H3,(H,18,22)(H,20,23). The Morgan fingerprint density at radius 3 is 2.58 bits per heavy atom. The Hall–Kier alpha value is -2.00. The number of rotatable bonds is 9. The number of carbonyl (C=O) groups is 3. The van der Waals surface area contributed by atoms with Gasteiger partial charge in [0.25, 0.3) is 5.91 Å². The van der Waals surface area contributed by atoms with Gasteiger partial charge in [-0.3, -0.25) is 19.6 Å². The van der Waals surface area contributed by atoms with E-state index in [9.17, 15) is 14.4 Å². The second kappa shape index (κ2) is 8.59. The van der Waals surface area contributed by atoms with Gasteiger partial charge in [-0.15, -0.1) is 11.3 Å². The Morgan fingerprint density at radius 1 is 1.38 bits per heavy atom. The highest BCUT2D eigenvalue weighted by Crippen LogP contribution is 2.51. The van der Waals surface area contributed by atoms with Gasteiger partial charge in [0.05, 0.1) is 10.4 Å². The summed E-state index contributed by atoms with van der Waals surface area (Å²) in [5.74, 6) is -0.814. The molecule has 0 radical (unpaired) electrons. The minimum Gasteiger partial charge on any atom is -0.356 e. The lowest BCUT2D eigenvalue weighted by molar-refractivity contribution is -0.144. The number of nitrogens with one attached hydrogen (secondary N) is 2. The molecule has 1 atom stereocenters. The Morgan fingerprint density at radius 2 is 2.08 bits per heavy atom. The number of carbonyl (C=O) groups excluding carboxylic acids is 3. The van der Waals surface area contributed by atoms with Crippen molar-refractivity contribution >= 4 is 29.1 Å². The van der Waals surface area contributed by atoms with Crippen molar-refractivity contribution in [2.45, 2.75) is 57.4 Å². The molecule has 3 amide bonds. The van der Waals surface area contributed by atoms with Crippen LogP contribution in [0.5, 0.6) is 0 Å².